The van der Waals surface area contributed by atoms with Gasteiger partial charge in [-0.2, -0.15) is 0 Å². The Kier molecular flexibility index (Phi) is 5.08. The van der Waals surface area contributed by atoms with Crippen molar-refractivity contribution in [3.8, 4) is 11.6 Å². The Morgan fingerprint density at radius 1 is 1.10 bits per heavy atom. The lowest BCUT2D eigenvalue weighted by Crippen LogP contribution is -2.30. The van der Waals surface area contributed by atoms with Gasteiger partial charge in [0.2, 0.25) is 5.88 Å². The number of methoxy groups -OCH3 is 1. The molecule has 1 aromatic carbocycles. The molecule has 0 saturated carbocycles. The van der Waals surface area contributed by atoms with E-state index in [1.165, 1.54) is 0 Å². The van der Waals surface area contributed by atoms with Gasteiger partial charge < -0.3 is 9.47 Å². The summed E-state index contributed by atoms with van der Waals surface area (Å²) >= 11 is 0. The van der Waals surface area contributed by atoms with Crippen molar-refractivity contribution >= 4 is 0 Å². The molecule has 2 rings (SSSR count). The predicted octanol–water partition coefficient (Wildman–Crippen LogP) is 1.83. The Hall–Kier alpha value is -2.18. The largest absolute Gasteiger partial charge is 0.491 e. The van der Waals surface area contributed by atoms with Gasteiger partial charge in [0.25, 0.3) is 0 Å². The molecule has 0 aliphatic rings. The molecule has 6 nitrogen and oxygen atoms in total. The normalized spacial score (nSPS) is 12.2. The summed E-state index contributed by atoms with van der Waals surface area (Å²) < 4.78 is 10.8. The molecule has 1 unspecified atom stereocenters. The lowest BCUT2D eigenvalue weighted by atomic mass is 10.0. The molecule has 0 bridgehead atoms. The Balaban J connectivity index is 2.36. The highest BCUT2D eigenvalue weighted by atomic mass is 16.5. The highest BCUT2D eigenvalue weighted by Gasteiger charge is 2.19. The highest BCUT2D eigenvalue weighted by Crippen LogP contribution is 2.29. The van der Waals surface area contributed by atoms with Crippen LogP contribution in [0.5, 0.6) is 11.6 Å². The molecule has 0 fully saturated rings. The van der Waals surface area contributed by atoms with Crippen LogP contribution >= 0.6 is 0 Å². The summed E-state index contributed by atoms with van der Waals surface area (Å²) in [5.41, 5.74) is 4.37. The number of aromatic nitrogens is 2. The lowest BCUT2D eigenvalue weighted by Gasteiger charge is -2.20. The van der Waals surface area contributed by atoms with E-state index in [4.69, 9.17) is 15.3 Å². The SMILES string of the molecule is COc1ccc(C(NN)c2ccccc2OC(C)C)nn1. The van der Waals surface area contributed by atoms with Gasteiger partial charge in [-0.1, -0.05) is 18.2 Å². The molecule has 1 atom stereocenters. The van der Waals surface area contributed by atoms with Gasteiger partial charge in [0.05, 0.1) is 24.9 Å². The average molecular weight is 288 g/mol. The second-order valence-corrected chi connectivity index (χ2v) is 4.80. The third-order valence-electron chi connectivity index (χ3n) is 2.92. The van der Waals surface area contributed by atoms with Crippen molar-refractivity contribution in [2.45, 2.75) is 26.0 Å². The Bertz CT molecular complexity index is 572. The molecule has 6 heteroatoms. The molecule has 0 saturated heterocycles. The van der Waals surface area contributed by atoms with E-state index in [1.807, 2.05) is 44.2 Å². The van der Waals surface area contributed by atoms with Gasteiger partial charge in [-0.05, 0) is 26.0 Å². The molecule has 0 radical (unpaired) electrons. The molecule has 0 amide bonds. The molecule has 1 heterocycles. The zero-order valence-corrected chi connectivity index (χ0v) is 12.4. The fourth-order valence-electron chi connectivity index (χ4n) is 2.01. The maximum atomic E-state index is 5.83. The van der Waals surface area contributed by atoms with Crippen molar-refractivity contribution in [2.75, 3.05) is 7.11 Å². The van der Waals surface area contributed by atoms with Crippen molar-refractivity contribution in [1.29, 1.82) is 0 Å². The van der Waals surface area contributed by atoms with Gasteiger partial charge in [-0.15, -0.1) is 10.2 Å². The first kappa shape index (κ1) is 15.2. The Labute approximate surface area is 124 Å². The van der Waals surface area contributed by atoms with Crippen molar-refractivity contribution < 1.29 is 9.47 Å². The van der Waals surface area contributed by atoms with Gasteiger partial charge in [0, 0.05) is 11.6 Å². The minimum atomic E-state index is -0.307. The van der Waals surface area contributed by atoms with Gasteiger partial charge in [-0.3, -0.25) is 5.84 Å². The topological polar surface area (TPSA) is 82.3 Å². The van der Waals surface area contributed by atoms with E-state index in [0.717, 1.165) is 11.3 Å². The fourth-order valence-corrected chi connectivity index (χ4v) is 2.01. The zero-order valence-electron chi connectivity index (χ0n) is 12.4. The summed E-state index contributed by atoms with van der Waals surface area (Å²) in [6, 6.07) is 11.0. The molecule has 0 aliphatic heterocycles. The third-order valence-corrected chi connectivity index (χ3v) is 2.92. The number of hydrazine groups is 1. The van der Waals surface area contributed by atoms with Gasteiger partial charge in [0.1, 0.15) is 5.75 Å². The number of hydrogen-bond acceptors (Lipinski definition) is 6. The predicted molar refractivity (Wildman–Crippen MR) is 80.0 cm³/mol. The van der Waals surface area contributed by atoms with Crippen LogP contribution in [-0.4, -0.2) is 23.4 Å². The molecule has 0 aliphatic carbocycles. The zero-order chi connectivity index (χ0) is 15.2. The van der Waals surface area contributed by atoms with Gasteiger partial charge in [0.15, 0.2) is 0 Å². The summed E-state index contributed by atoms with van der Waals surface area (Å²) in [5, 5.41) is 8.12. The number of hydrogen-bond donors (Lipinski definition) is 2. The lowest BCUT2D eigenvalue weighted by molar-refractivity contribution is 0.238. The maximum Gasteiger partial charge on any atom is 0.233 e. The minimum absolute atomic E-state index is 0.0755. The summed E-state index contributed by atoms with van der Waals surface area (Å²) in [6.07, 6.45) is 0.0755. The fraction of sp³-hybridized carbons (Fsp3) is 0.333. The molecule has 1 aromatic heterocycles. The molecular formula is C15H20N4O2. The minimum Gasteiger partial charge on any atom is -0.491 e. The average Bonchev–Trinajstić information content (AvgIpc) is 2.50. The van der Waals surface area contributed by atoms with Crippen LogP contribution in [0.4, 0.5) is 0 Å². The van der Waals surface area contributed by atoms with Gasteiger partial charge >= 0.3 is 0 Å². The van der Waals surface area contributed by atoms with E-state index in [2.05, 4.69) is 15.6 Å². The number of para-hydroxylation sites is 1. The number of benzene rings is 1. The Morgan fingerprint density at radius 3 is 2.43 bits per heavy atom. The van der Waals surface area contributed by atoms with E-state index in [1.54, 1.807) is 13.2 Å². The quantitative estimate of drug-likeness (QED) is 0.623. The first-order valence-electron chi connectivity index (χ1n) is 6.75. The number of nitrogens with two attached hydrogens (primary N) is 1. The van der Waals surface area contributed by atoms with Crippen molar-refractivity contribution in [3.63, 3.8) is 0 Å². The summed E-state index contributed by atoms with van der Waals surface area (Å²) in [7, 11) is 1.55. The first-order valence-corrected chi connectivity index (χ1v) is 6.75. The second kappa shape index (κ2) is 7.01. The standard InChI is InChI=1S/C15H20N4O2/c1-10(2)21-13-7-5-4-6-11(13)15(17-16)12-8-9-14(20-3)19-18-12/h4-10,15,17H,16H2,1-3H3. The number of rotatable bonds is 6. The van der Waals surface area contributed by atoms with Crippen LogP contribution in [0.2, 0.25) is 0 Å². The van der Waals surface area contributed by atoms with Crippen LogP contribution in [0, 0.1) is 0 Å². The van der Waals surface area contributed by atoms with Crippen molar-refractivity contribution in [1.82, 2.24) is 15.6 Å². The molecule has 3 N–H and O–H groups in total. The molecule has 21 heavy (non-hydrogen) atoms. The maximum absolute atomic E-state index is 5.83. The van der Waals surface area contributed by atoms with Crippen LogP contribution in [0.1, 0.15) is 31.1 Å². The van der Waals surface area contributed by atoms with E-state index in [9.17, 15) is 0 Å². The first-order chi connectivity index (χ1) is 10.2. The van der Waals surface area contributed by atoms with Crippen LogP contribution in [0.3, 0.4) is 0 Å². The van der Waals surface area contributed by atoms with E-state index >= 15 is 0 Å². The molecule has 2 aromatic rings. The molecule has 0 spiro atoms. The van der Waals surface area contributed by atoms with E-state index in [-0.39, 0.29) is 12.1 Å². The van der Waals surface area contributed by atoms with Crippen LogP contribution in [0.25, 0.3) is 0 Å². The van der Waals surface area contributed by atoms with Crippen molar-refractivity contribution in [2.24, 2.45) is 5.84 Å². The van der Waals surface area contributed by atoms with Crippen molar-refractivity contribution in [3.05, 3.63) is 47.7 Å². The van der Waals surface area contributed by atoms with E-state index < -0.39 is 0 Å². The molecular weight excluding hydrogens is 268 g/mol. The van der Waals surface area contributed by atoms with Gasteiger partial charge in [-0.25, -0.2) is 5.43 Å². The van der Waals surface area contributed by atoms with Crippen LogP contribution in [0.15, 0.2) is 36.4 Å². The summed E-state index contributed by atoms with van der Waals surface area (Å²) in [6.45, 7) is 3.96. The summed E-state index contributed by atoms with van der Waals surface area (Å²) in [5.74, 6) is 6.93. The van der Waals surface area contributed by atoms with Crippen LogP contribution in [-0.2, 0) is 0 Å². The number of nitrogens with one attached hydrogen (secondary N) is 1. The summed E-state index contributed by atoms with van der Waals surface area (Å²) in [4.78, 5) is 0. The monoisotopic (exact) mass is 288 g/mol. The highest BCUT2D eigenvalue weighted by molar-refractivity contribution is 5.40. The van der Waals surface area contributed by atoms with E-state index in [0.29, 0.717) is 11.6 Å². The number of nitrogens with zero attached hydrogens (tertiary/aromatic N) is 2. The molecule has 112 valence electrons. The second-order valence-electron chi connectivity index (χ2n) is 4.80. The smallest absolute Gasteiger partial charge is 0.233 e. The number of ether oxygens (including phenoxy) is 2. The Morgan fingerprint density at radius 2 is 1.86 bits per heavy atom. The van der Waals surface area contributed by atoms with Crippen LogP contribution < -0.4 is 20.7 Å². The third kappa shape index (κ3) is 3.68.